The number of hydrogen-bond acceptors (Lipinski definition) is 10. The number of benzene rings is 5. The Hall–Kier alpha value is -2.20. The number of carboxylic acids is 1. The molecule has 15 heteroatoms. The number of aromatic carboxylic acids is 1. The molecule has 0 saturated heterocycles. The van der Waals surface area contributed by atoms with Crippen LogP contribution in [0.25, 0.3) is 21.5 Å². The van der Waals surface area contributed by atoms with Crippen LogP contribution < -0.4 is 98.0 Å². The molecule has 0 amide bonds. The Labute approximate surface area is 306 Å². The molecule has 194 valence electrons. The van der Waals surface area contributed by atoms with Crippen LogP contribution in [0.4, 0.5) is 22.7 Å². The van der Waals surface area contributed by atoms with Crippen LogP contribution in [0, 0.1) is 6.07 Å². The van der Waals surface area contributed by atoms with Crippen LogP contribution in [0.15, 0.2) is 105 Å². The molecule has 0 spiro atoms. The number of carbonyl (C=O) groups is 1. The Morgan fingerprint density at radius 3 is 2.07 bits per heavy atom. The van der Waals surface area contributed by atoms with Crippen molar-refractivity contribution < 1.29 is 121 Å². The van der Waals surface area contributed by atoms with E-state index >= 15 is 0 Å². The van der Waals surface area contributed by atoms with Gasteiger partial charge in [-0.25, -0.2) is 13.2 Å². The number of carboxylic acid groups (broad SMARTS) is 1. The third-order valence-electron chi connectivity index (χ3n) is 5.59. The summed E-state index contributed by atoms with van der Waals surface area (Å²) in [6.45, 7) is 0. The predicted octanol–water partition coefficient (Wildman–Crippen LogP) is -2.75. The number of rotatable bonds is 7. The SMILES string of the molecule is O=C(O)c1cc(N=Nc2ccc(N=Nc3c(OS(=O)(=O)[O-])ccc4c[c-]ccc34)c3ccccc23)ccc1[O-].[Na+].[Na+].[Na+]. The zero-order valence-electron chi connectivity index (χ0n) is 22.7. The summed E-state index contributed by atoms with van der Waals surface area (Å²) in [5, 5.41) is 40.2. The Bertz CT molecular complexity index is 1940. The van der Waals surface area contributed by atoms with Crippen molar-refractivity contribution in [1.29, 1.82) is 0 Å². The summed E-state index contributed by atoms with van der Waals surface area (Å²) in [7, 11) is -5.06. The summed E-state index contributed by atoms with van der Waals surface area (Å²) in [4.78, 5) is 11.2. The zero-order chi connectivity index (χ0) is 27.6. The largest absolute Gasteiger partial charge is 1.00 e. The number of fused-ring (bicyclic) bond motifs is 2. The summed E-state index contributed by atoms with van der Waals surface area (Å²) in [6.07, 6.45) is 0. The van der Waals surface area contributed by atoms with Crippen LogP contribution in [-0.4, -0.2) is 24.0 Å². The fourth-order valence-electron chi connectivity index (χ4n) is 3.86. The Balaban J connectivity index is 0.00000205. The van der Waals surface area contributed by atoms with Gasteiger partial charge in [0, 0.05) is 10.8 Å². The van der Waals surface area contributed by atoms with Crippen LogP contribution in [0.1, 0.15) is 10.4 Å². The van der Waals surface area contributed by atoms with E-state index in [4.69, 9.17) is 5.11 Å². The third kappa shape index (κ3) is 8.46. The second kappa shape index (κ2) is 15.5. The molecule has 1 N–H and O–H groups in total. The minimum absolute atomic E-state index is 0. The number of nitrogens with zero attached hydrogens (tertiary/aromatic N) is 4. The molecular formula is C27H15N4Na3O7S. The van der Waals surface area contributed by atoms with Crippen LogP contribution in [-0.2, 0) is 10.4 Å². The Morgan fingerprint density at radius 2 is 1.45 bits per heavy atom. The molecule has 42 heavy (non-hydrogen) atoms. The maximum absolute atomic E-state index is 11.7. The van der Waals surface area contributed by atoms with E-state index in [0.717, 1.165) is 12.1 Å². The minimum atomic E-state index is -5.06. The van der Waals surface area contributed by atoms with Gasteiger partial charge in [-0.15, -0.1) is 26.8 Å². The van der Waals surface area contributed by atoms with Gasteiger partial charge in [0.1, 0.15) is 5.69 Å². The van der Waals surface area contributed by atoms with Gasteiger partial charge in [-0.05, 0) is 30.3 Å². The van der Waals surface area contributed by atoms with E-state index in [1.165, 1.54) is 12.1 Å². The van der Waals surface area contributed by atoms with Crippen molar-refractivity contribution in [2.75, 3.05) is 0 Å². The van der Waals surface area contributed by atoms with Gasteiger partial charge in [-0.1, -0.05) is 41.5 Å². The molecule has 0 radical (unpaired) electrons. The molecule has 5 rings (SSSR count). The van der Waals surface area contributed by atoms with E-state index in [1.807, 2.05) is 0 Å². The molecule has 0 fully saturated rings. The molecule has 0 aliphatic heterocycles. The normalized spacial score (nSPS) is 11.2. The van der Waals surface area contributed by atoms with Gasteiger partial charge in [0.15, 0.2) is 5.75 Å². The van der Waals surface area contributed by atoms with E-state index in [0.29, 0.717) is 32.9 Å². The topological polar surface area (TPSA) is 176 Å². The standard InChI is InChI=1S/C27H17N4O7S.3Na/c32-24-13-10-17(15-21(24)27(33)34)28-29-22-11-12-23(20-8-4-3-7-19(20)22)30-31-26-18-6-2-1-5-16(18)9-14-25(26)38-39(35,36)37;;;/h2-15,32H,(H,33,34)(H,35,36,37);;;/q-1;3*+1/p-2. The second-order valence-electron chi connectivity index (χ2n) is 8.09. The maximum atomic E-state index is 11.7. The van der Waals surface area contributed by atoms with Crippen LogP contribution in [0.2, 0.25) is 0 Å². The van der Waals surface area contributed by atoms with Crippen molar-refractivity contribution in [3.8, 4) is 11.5 Å². The summed E-state index contributed by atoms with van der Waals surface area (Å²) >= 11 is 0. The minimum Gasteiger partial charge on any atom is -0.872 e. The van der Waals surface area contributed by atoms with E-state index in [-0.39, 0.29) is 106 Å². The molecule has 11 nitrogen and oxygen atoms in total. The first-order valence-corrected chi connectivity index (χ1v) is 12.5. The molecule has 0 atom stereocenters. The number of azo groups is 2. The molecule has 0 aliphatic carbocycles. The van der Waals surface area contributed by atoms with Crippen molar-refractivity contribution in [2.45, 2.75) is 0 Å². The molecule has 5 aromatic rings. The Kier molecular flexibility index (Phi) is 13.3. The fraction of sp³-hybridized carbons (Fsp3) is 0. The zero-order valence-corrected chi connectivity index (χ0v) is 29.5. The molecule has 0 unspecified atom stereocenters. The fourth-order valence-corrected chi connectivity index (χ4v) is 4.21. The van der Waals surface area contributed by atoms with Gasteiger partial charge in [0.2, 0.25) is 0 Å². The first-order valence-electron chi connectivity index (χ1n) is 11.2. The van der Waals surface area contributed by atoms with Crippen molar-refractivity contribution in [2.24, 2.45) is 20.5 Å². The molecule has 0 heterocycles. The maximum Gasteiger partial charge on any atom is 1.00 e. The molecule has 0 bridgehead atoms. The smallest absolute Gasteiger partial charge is 0.872 e. The number of hydrogen-bond donors (Lipinski definition) is 1. The second-order valence-corrected chi connectivity index (χ2v) is 9.07. The van der Waals surface area contributed by atoms with Crippen LogP contribution in [0.5, 0.6) is 11.5 Å². The quantitative estimate of drug-likeness (QED) is 0.0685. The van der Waals surface area contributed by atoms with Crippen molar-refractivity contribution in [3.05, 3.63) is 96.6 Å². The van der Waals surface area contributed by atoms with Crippen molar-refractivity contribution in [1.82, 2.24) is 0 Å². The van der Waals surface area contributed by atoms with Crippen LogP contribution in [0.3, 0.4) is 0 Å². The van der Waals surface area contributed by atoms with Gasteiger partial charge in [0.25, 0.3) is 10.4 Å². The Morgan fingerprint density at radius 1 is 0.810 bits per heavy atom. The van der Waals surface area contributed by atoms with Crippen molar-refractivity contribution in [3.63, 3.8) is 0 Å². The van der Waals surface area contributed by atoms with E-state index < -0.39 is 27.7 Å². The molecule has 0 aliphatic rings. The molecule has 5 aromatic carbocycles. The average Bonchev–Trinajstić information content (AvgIpc) is 2.91. The van der Waals surface area contributed by atoms with Gasteiger partial charge in [0.05, 0.1) is 22.6 Å². The summed E-state index contributed by atoms with van der Waals surface area (Å²) in [5.74, 6) is -2.26. The van der Waals surface area contributed by atoms with Gasteiger partial charge in [-0.2, -0.15) is 29.4 Å². The summed E-state index contributed by atoms with van der Waals surface area (Å²) < 4.78 is 38.5. The first kappa shape index (κ1) is 36.0. The van der Waals surface area contributed by atoms with Gasteiger partial charge >= 0.3 is 94.6 Å². The van der Waals surface area contributed by atoms with E-state index in [2.05, 4.69) is 30.7 Å². The summed E-state index contributed by atoms with van der Waals surface area (Å²) in [5.41, 5.74) is 0.670. The van der Waals surface area contributed by atoms with E-state index in [1.54, 1.807) is 60.7 Å². The summed E-state index contributed by atoms with van der Waals surface area (Å²) in [6, 6.07) is 24.7. The van der Waals surface area contributed by atoms with Crippen LogP contribution >= 0.6 is 0 Å². The average molecular weight is 608 g/mol. The molecule has 0 saturated carbocycles. The molecular weight excluding hydrogens is 593 g/mol. The van der Waals surface area contributed by atoms with Gasteiger partial charge in [-0.3, -0.25) is 0 Å². The van der Waals surface area contributed by atoms with E-state index in [9.17, 15) is 22.9 Å². The van der Waals surface area contributed by atoms with Gasteiger partial charge < -0.3 is 18.9 Å². The predicted molar refractivity (Wildman–Crippen MR) is 138 cm³/mol. The monoisotopic (exact) mass is 608 g/mol. The third-order valence-corrected chi connectivity index (χ3v) is 5.98. The molecule has 0 aromatic heterocycles. The van der Waals surface area contributed by atoms with Crippen molar-refractivity contribution >= 4 is 60.7 Å². The first-order chi connectivity index (χ1) is 18.7.